The molecular weight excluding hydrogens is 297 g/mol. The maximum absolute atomic E-state index is 11.8. The average Bonchev–Trinajstić information content (AvgIpc) is 2.42. The molecule has 2 rings (SSSR count). The first-order valence-electron chi connectivity index (χ1n) is 5.99. The fourth-order valence-electron chi connectivity index (χ4n) is 1.62. The van der Waals surface area contributed by atoms with E-state index in [1.165, 1.54) is 0 Å². The van der Waals surface area contributed by atoms with Crippen LogP contribution in [0.5, 0.6) is 5.75 Å². The van der Waals surface area contributed by atoms with Crippen molar-refractivity contribution in [3.63, 3.8) is 0 Å². The molecule has 3 nitrogen and oxygen atoms in total. The minimum Gasteiger partial charge on any atom is -0.483 e. The Hall–Kier alpha value is -1.71. The predicted octanol–water partition coefficient (Wildman–Crippen LogP) is 4.32. The predicted molar refractivity (Wildman–Crippen MR) is 81.8 cm³/mol. The number of carbonyl (C=O) groups is 1. The number of benzene rings is 2. The summed E-state index contributed by atoms with van der Waals surface area (Å²) in [7, 11) is 0. The molecule has 0 fully saturated rings. The van der Waals surface area contributed by atoms with Crippen LogP contribution in [0, 0.1) is 6.92 Å². The third-order valence-corrected chi connectivity index (χ3v) is 3.22. The fourth-order valence-corrected chi connectivity index (χ4v) is 1.97. The maximum atomic E-state index is 11.8. The lowest BCUT2D eigenvalue weighted by Gasteiger charge is -2.10. The lowest BCUT2D eigenvalue weighted by Crippen LogP contribution is -2.20. The van der Waals surface area contributed by atoms with Gasteiger partial charge < -0.3 is 10.1 Å². The Kier molecular flexibility index (Phi) is 4.88. The number of halogens is 2. The van der Waals surface area contributed by atoms with E-state index in [-0.39, 0.29) is 12.5 Å². The van der Waals surface area contributed by atoms with Gasteiger partial charge in [-0.15, -0.1) is 0 Å². The number of rotatable bonds is 4. The molecule has 0 heterocycles. The van der Waals surface area contributed by atoms with Crippen molar-refractivity contribution in [2.75, 3.05) is 11.9 Å². The summed E-state index contributed by atoms with van der Waals surface area (Å²) < 4.78 is 5.45. The Morgan fingerprint density at radius 2 is 1.95 bits per heavy atom. The van der Waals surface area contributed by atoms with E-state index in [0.29, 0.717) is 21.5 Å². The molecule has 0 bridgehead atoms. The van der Waals surface area contributed by atoms with Crippen LogP contribution in [0.25, 0.3) is 0 Å². The number of ether oxygens (including phenoxy) is 1. The van der Waals surface area contributed by atoms with Crippen LogP contribution in [0.2, 0.25) is 10.0 Å². The first-order valence-corrected chi connectivity index (χ1v) is 6.75. The summed E-state index contributed by atoms with van der Waals surface area (Å²) in [6, 6.07) is 12.3. The van der Waals surface area contributed by atoms with Crippen molar-refractivity contribution in [2.24, 2.45) is 0 Å². The Morgan fingerprint density at radius 3 is 2.70 bits per heavy atom. The molecule has 2 aromatic carbocycles. The third-order valence-electron chi connectivity index (χ3n) is 2.66. The lowest BCUT2D eigenvalue weighted by atomic mass is 10.2. The van der Waals surface area contributed by atoms with Gasteiger partial charge >= 0.3 is 0 Å². The largest absolute Gasteiger partial charge is 0.483 e. The average molecular weight is 310 g/mol. The van der Waals surface area contributed by atoms with Gasteiger partial charge in [0, 0.05) is 5.02 Å². The van der Waals surface area contributed by atoms with Crippen LogP contribution in [0.3, 0.4) is 0 Å². The van der Waals surface area contributed by atoms with Crippen LogP contribution in [0.4, 0.5) is 5.69 Å². The SMILES string of the molecule is Cc1ccc(Cl)cc1OCC(=O)Nc1ccccc1Cl. The topological polar surface area (TPSA) is 38.3 Å². The molecule has 0 aliphatic carbocycles. The fraction of sp³-hybridized carbons (Fsp3) is 0.133. The van der Waals surface area contributed by atoms with Gasteiger partial charge in [-0.2, -0.15) is 0 Å². The van der Waals surface area contributed by atoms with Gasteiger partial charge in [-0.3, -0.25) is 4.79 Å². The lowest BCUT2D eigenvalue weighted by molar-refractivity contribution is -0.118. The van der Waals surface area contributed by atoms with Crippen LogP contribution in [-0.2, 0) is 4.79 Å². The van der Waals surface area contributed by atoms with Crippen molar-refractivity contribution in [1.29, 1.82) is 0 Å². The van der Waals surface area contributed by atoms with E-state index in [1.54, 1.807) is 36.4 Å². The number of amides is 1. The van der Waals surface area contributed by atoms with Gasteiger partial charge in [0.15, 0.2) is 6.61 Å². The smallest absolute Gasteiger partial charge is 0.262 e. The normalized spacial score (nSPS) is 10.2. The van der Waals surface area contributed by atoms with E-state index in [9.17, 15) is 4.79 Å². The Labute approximate surface area is 127 Å². The van der Waals surface area contributed by atoms with Gasteiger partial charge in [-0.05, 0) is 36.8 Å². The van der Waals surface area contributed by atoms with Crippen LogP contribution >= 0.6 is 23.2 Å². The van der Waals surface area contributed by atoms with Crippen LogP contribution in [-0.4, -0.2) is 12.5 Å². The van der Waals surface area contributed by atoms with Gasteiger partial charge in [-0.1, -0.05) is 41.4 Å². The molecular formula is C15H13Cl2NO2. The second-order valence-electron chi connectivity index (χ2n) is 4.23. The van der Waals surface area contributed by atoms with Crippen molar-refractivity contribution >= 4 is 34.8 Å². The number of hydrogen-bond donors (Lipinski definition) is 1. The molecule has 0 aliphatic heterocycles. The molecule has 0 atom stereocenters. The highest BCUT2D eigenvalue weighted by atomic mass is 35.5. The van der Waals surface area contributed by atoms with Gasteiger partial charge in [0.05, 0.1) is 10.7 Å². The number of anilines is 1. The van der Waals surface area contributed by atoms with Gasteiger partial charge in [0.1, 0.15) is 5.75 Å². The number of hydrogen-bond acceptors (Lipinski definition) is 2. The standard InChI is InChI=1S/C15H13Cl2NO2/c1-10-6-7-11(16)8-14(10)20-9-15(19)18-13-5-3-2-4-12(13)17/h2-8H,9H2,1H3,(H,18,19). The minimum atomic E-state index is -0.280. The first-order chi connectivity index (χ1) is 9.56. The molecule has 20 heavy (non-hydrogen) atoms. The Balaban J connectivity index is 1.96. The van der Waals surface area contributed by atoms with E-state index in [1.807, 2.05) is 13.0 Å². The molecule has 0 unspecified atom stereocenters. The second kappa shape index (κ2) is 6.64. The number of para-hydroxylation sites is 1. The van der Waals surface area contributed by atoms with E-state index in [2.05, 4.69) is 5.32 Å². The number of aryl methyl sites for hydroxylation is 1. The van der Waals surface area contributed by atoms with Gasteiger partial charge in [0.25, 0.3) is 5.91 Å². The molecule has 2 aromatic rings. The number of nitrogens with one attached hydrogen (secondary N) is 1. The highest BCUT2D eigenvalue weighted by molar-refractivity contribution is 6.33. The molecule has 0 aliphatic rings. The summed E-state index contributed by atoms with van der Waals surface area (Å²) in [6.07, 6.45) is 0. The Morgan fingerprint density at radius 1 is 1.20 bits per heavy atom. The second-order valence-corrected chi connectivity index (χ2v) is 5.07. The zero-order valence-electron chi connectivity index (χ0n) is 10.8. The quantitative estimate of drug-likeness (QED) is 0.913. The molecule has 0 radical (unpaired) electrons. The summed E-state index contributed by atoms with van der Waals surface area (Å²) in [5, 5.41) is 3.74. The van der Waals surface area contributed by atoms with Crippen molar-refractivity contribution < 1.29 is 9.53 Å². The van der Waals surface area contributed by atoms with E-state index in [0.717, 1.165) is 5.56 Å². The maximum Gasteiger partial charge on any atom is 0.262 e. The highest BCUT2D eigenvalue weighted by Crippen LogP contribution is 2.23. The molecule has 5 heteroatoms. The molecule has 0 aromatic heterocycles. The highest BCUT2D eigenvalue weighted by Gasteiger charge is 2.07. The summed E-state index contributed by atoms with van der Waals surface area (Å²) >= 11 is 11.8. The molecule has 1 N–H and O–H groups in total. The zero-order chi connectivity index (χ0) is 14.5. The summed E-state index contributed by atoms with van der Waals surface area (Å²) in [6.45, 7) is 1.78. The summed E-state index contributed by atoms with van der Waals surface area (Å²) in [4.78, 5) is 11.8. The van der Waals surface area contributed by atoms with Crippen molar-refractivity contribution in [1.82, 2.24) is 0 Å². The van der Waals surface area contributed by atoms with Gasteiger partial charge in [0.2, 0.25) is 0 Å². The summed E-state index contributed by atoms with van der Waals surface area (Å²) in [5.74, 6) is 0.310. The van der Waals surface area contributed by atoms with Crippen LogP contribution in [0.15, 0.2) is 42.5 Å². The molecule has 0 saturated heterocycles. The van der Waals surface area contributed by atoms with Crippen LogP contribution in [0.1, 0.15) is 5.56 Å². The van der Waals surface area contributed by atoms with E-state index < -0.39 is 0 Å². The Bertz CT molecular complexity index is 629. The molecule has 0 saturated carbocycles. The molecule has 0 spiro atoms. The van der Waals surface area contributed by atoms with Crippen molar-refractivity contribution in [3.8, 4) is 5.75 Å². The monoisotopic (exact) mass is 309 g/mol. The first kappa shape index (κ1) is 14.7. The number of carbonyl (C=O) groups excluding carboxylic acids is 1. The molecule has 1 amide bonds. The van der Waals surface area contributed by atoms with E-state index in [4.69, 9.17) is 27.9 Å². The minimum absolute atomic E-state index is 0.105. The van der Waals surface area contributed by atoms with Gasteiger partial charge in [-0.25, -0.2) is 0 Å². The van der Waals surface area contributed by atoms with Crippen molar-refractivity contribution in [3.05, 3.63) is 58.1 Å². The van der Waals surface area contributed by atoms with Crippen molar-refractivity contribution in [2.45, 2.75) is 6.92 Å². The van der Waals surface area contributed by atoms with Crippen LogP contribution < -0.4 is 10.1 Å². The third kappa shape index (κ3) is 3.89. The zero-order valence-corrected chi connectivity index (χ0v) is 12.3. The molecule has 104 valence electrons. The summed E-state index contributed by atoms with van der Waals surface area (Å²) in [5.41, 5.74) is 1.48. The van der Waals surface area contributed by atoms with E-state index >= 15 is 0 Å².